The van der Waals surface area contributed by atoms with Crippen molar-refractivity contribution in [2.75, 3.05) is 11.5 Å². The number of ether oxygens (including phenoxy) is 1. The smallest absolute Gasteiger partial charge is 0.259 e. The fraction of sp³-hybridized carbons (Fsp3) is 0.333. The van der Waals surface area contributed by atoms with Gasteiger partial charge in [0.15, 0.2) is 28.2 Å². The maximum atomic E-state index is 15.7. The first-order valence-corrected chi connectivity index (χ1v) is 28.6. The second-order valence-corrected chi connectivity index (χ2v) is 24.3. The summed E-state index contributed by atoms with van der Waals surface area (Å²) in [6, 6.07) is 29.6. The molecule has 0 aliphatic carbocycles. The Bertz CT molecular complexity index is 3250. The van der Waals surface area contributed by atoms with Crippen LogP contribution in [0, 0.1) is 23.3 Å². The monoisotopic (exact) mass is 1040 g/mol. The standard InChI is InChI=1S/C57H61F4NO5S4/c1-33(2)39-18-15-19-40(34(3)4)46(39)29-37-23-25-43-48(31-37)67-49-32-38(30-47-41(35(5)6)20-16-21-42(47)36(7)8)24-26-44(49)51(43)45-17-11-12-22-50(45)70(63,64)62-71(65,66)57-54(60)52(58)56(53(59)55(57)61)69-28-14-10-9-13-27-68/h11-12,15-26,29,31-36,62,68H,9-10,13-14,27-28,30H2,1-8H3/b37-29+. The van der Waals surface area contributed by atoms with E-state index in [0.29, 0.717) is 64.6 Å². The summed E-state index contributed by atoms with van der Waals surface area (Å²) >= 11 is 4.66. The molecule has 6 nitrogen and oxygen atoms in total. The van der Waals surface area contributed by atoms with E-state index in [-0.39, 0.29) is 35.0 Å². The van der Waals surface area contributed by atoms with E-state index < -0.39 is 58.0 Å². The van der Waals surface area contributed by atoms with E-state index in [1.165, 1.54) is 44.1 Å². The van der Waals surface area contributed by atoms with Crippen molar-refractivity contribution in [3.8, 4) is 11.5 Å². The van der Waals surface area contributed by atoms with E-state index in [2.05, 4.69) is 110 Å². The Morgan fingerprint density at radius 3 is 1.77 bits per heavy atom. The number of thioether (sulfide) groups is 1. The highest BCUT2D eigenvalue weighted by molar-refractivity contribution is 8.04. The van der Waals surface area contributed by atoms with E-state index in [4.69, 9.17) is 4.74 Å². The van der Waals surface area contributed by atoms with Crippen LogP contribution < -0.4 is 19.3 Å². The Labute approximate surface area is 426 Å². The van der Waals surface area contributed by atoms with Crippen LogP contribution in [-0.4, -0.2) is 28.3 Å². The summed E-state index contributed by atoms with van der Waals surface area (Å²) in [5.41, 5.74) is 8.92. The Morgan fingerprint density at radius 2 is 1.18 bits per heavy atom. The van der Waals surface area contributed by atoms with Gasteiger partial charge < -0.3 is 4.74 Å². The Kier molecular flexibility index (Phi) is 17.1. The first-order valence-electron chi connectivity index (χ1n) is 24.1. The summed E-state index contributed by atoms with van der Waals surface area (Å²) in [4.78, 5) is -3.70. The summed E-state index contributed by atoms with van der Waals surface area (Å²) in [7, 11) is -11.1. The van der Waals surface area contributed by atoms with Gasteiger partial charge in [0.2, 0.25) is 0 Å². The minimum atomic E-state index is -5.83. The molecule has 6 aromatic carbocycles. The van der Waals surface area contributed by atoms with Gasteiger partial charge in [-0.15, -0.1) is 15.9 Å². The summed E-state index contributed by atoms with van der Waals surface area (Å²) < 4.78 is 127. The molecule has 1 aliphatic rings. The predicted octanol–water partition coefficient (Wildman–Crippen LogP) is 13.8. The predicted molar refractivity (Wildman–Crippen MR) is 283 cm³/mol. The minimum absolute atomic E-state index is 0.0318. The molecule has 14 heteroatoms. The number of sulfonamides is 2. The van der Waals surface area contributed by atoms with Gasteiger partial charge in [-0.05, 0) is 129 Å². The molecule has 1 heterocycles. The number of hydrogen-bond donors (Lipinski definition) is 2. The highest BCUT2D eigenvalue weighted by Gasteiger charge is 2.37. The third-order valence-electron chi connectivity index (χ3n) is 12.8. The number of unbranched alkanes of at least 4 members (excludes halogenated alkanes) is 3. The third-order valence-corrected chi connectivity index (χ3v) is 17.9. The van der Waals surface area contributed by atoms with E-state index in [1.54, 1.807) is 6.07 Å². The first kappa shape index (κ1) is 53.9. The first-order chi connectivity index (χ1) is 33.7. The van der Waals surface area contributed by atoms with Gasteiger partial charge in [0.05, 0.1) is 9.79 Å². The lowest BCUT2D eigenvalue weighted by atomic mass is 9.85. The summed E-state index contributed by atoms with van der Waals surface area (Å²) in [6.45, 7) is 17.2. The highest BCUT2D eigenvalue weighted by Crippen LogP contribution is 2.41. The molecule has 0 bridgehead atoms. The number of thiol groups is 1. The number of nitrogens with one attached hydrogen (secondary N) is 1. The molecular formula is C57H61F4NO5S4. The molecule has 71 heavy (non-hydrogen) atoms. The molecule has 6 aromatic rings. The molecule has 7 rings (SSSR count). The Hall–Kier alpha value is -4.86. The van der Waals surface area contributed by atoms with Crippen molar-refractivity contribution < 1.29 is 39.1 Å². The van der Waals surface area contributed by atoms with Crippen LogP contribution >= 0.6 is 24.4 Å². The van der Waals surface area contributed by atoms with Crippen molar-refractivity contribution in [1.29, 1.82) is 0 Å². The number of fused-ring (bicyclic) bond motifs is 2. The molecule has 0 spiro atoms. The highest BCUT2D eigenvalue weighted by atomic mass is 32.3. The summed E-state index contributed by atoms with van der Waals surface area (Å²) in [6.07, 6.45) is 5.47. The molecule has 0 fully saturated rings. The van der Waals surface area contributed by atoms with Gasteiger partial charge in [-0.1, -0.05) is 141 Å². The van der Waals surface area contributed by atoms with Crippen LogP contribution in [-0.2, 0) is 26.5 Å². The second-order valence-electron chi connectivity index (χ2n) is 19.3. The number of hydrogen-bond acceptors (Lipinski definition) is 7. The van der Waals surface area contributed by atoms with Crippen LogP contribution in [0.1, 0.15) is 155 Å². The zero-order valence-electron chi connectivity index (χ0n) is 41.3. The molecule has 1 aliphatic heterocycles. The number of rotatable bonds is 19. The van der Waals surface area contributed by atoms with E-state index in [9.17, 15) is 16.8 Å². The van der Waals surface area contributed by atoms with Crippen molar-refractivity contribution in [2.24, 2.45) is 0 Å². The van der Waals surface area contributed by atoms with Crippen molar-refractivity contribution >= 4 is 56.1 Å². The van der Waals surface area contributed by atoms with E-state index >= 15 is 17.6 Å². The fourth-order valence-corrected chi connectivity index (χ4v) is 13.8. The van der Waals surface area contributed by atoms with E-state index in [1.807, 2.05) is 36.4 Å². The quantitative estimate of drug-likeness (QED) is 0.0276. The lowest BCUT2D eigenvalue weighted by molar-refractivity contribution is 0.395. The molecule has 0 saturated carbocycles. The molecule has 0 unspecified atom stereocenters. The SMILES string of the molecule is CC(C)c1cccc(C(C)C)c1/C=c1\ccc2c(c1)Oc1cc(Cc3c(C(C)C)cccc3C(C)C)ccc1C=2c1ccccc1S(=O)(=O)NS(=O)(=O)c1c(F)c(F)c(SCCCCCCS)c(F)c1F. The minimum Gasteiger partial charge on any atom is -0.456 e. The largest absolute Gasteiger partial charge is 0.456 e. The summed E-state index contributed by atoms with van der Waals surface area (Å²) in [5.74, 6) is -5.82. The zero-order valence-corrected chi connectivity index (χ0v) is 44.6. The van der Waals surface area contributed by atoms with Crippen LogP contribution in [0.15, 0.2) is 112 Å². The van der Waals surface area contributed by atoms with Crippen LogP contribution in [0.3, 0.4) is 0 Å². The fourth-order valence-electron chi connectivity index (χ4n) is 9.33. The van der Waals surface area contributed by atoms with Crippen LogP contribution in [0.2, 0.25) is 0 Å². The lowest BCUT2D eigenvalue weighted by Gasteiger charge is -2.24. The van der Waals surface area contributed by atoms with Crippen molar-refractivity contribution in [1.82, 2.24) is 4.13 Å². The van der Waals surface area contributed by atoms with Crippen LogP contribution in [0.4, 0.5) is 17.6 Å². The normalized spacial score (nSPS) is 13.1. The lowest BCUT2D eigenvalue weighted by Crippen LogP contribution is -2.33. The summed E-state index contributed by atoms with van der Waals surface area (Å²) in [5, 5.41) is 1.30. The number of benzene rings is 6. The molecule has 0 atom stereocenters. The maximum absolute atomic E-state index is 15.7. The average Bonchev–Trinajstić information content (AvgIpc) is 3.31. The Morgan fingerprint density at radius 1 is 0.606 bits per heavy atom. The van der Waals surface area contributed by atoms with Crippen LogP contribution in [0.5, 0.6) is 11.5 Å². The van der Waals surface area contributed by atoms with Gasteiger partial charge in [0, 0.05) is 21.9 Å². The molecule has 1 N–H and O–H groups in total. The molecule has 376 valence electrons. The third kappa shape index (κ3) is 11.5. The topological polar surface area (TPSA) is 89.5 Å². The zero-order chi connectivity index (χ0) is 51.5. The van der Waals surface area contributed by atoms with Gasteiger partial charge in [-0.3, -0.25) is 0 Å². The maximum Gasteiger partial charge on any atom is 0.259 e. The van der Waals surface area contributed by atoms with Gasteiger partial charge in [-0.25, -0.2) is 34.4 Å². The van der Waals surface area contributed by atoms with Crippen molar-refractivity contribution in [3.05, 3.63) is 181 Å². The number of halogens is 4. The Balaban J connectivity index is 1.38. The van der Waals surface area contributed by atoms with Crippen LogP contribution in [0.25, 0.3) is 11.6 Å². The molecule has 0 amide bonds. The van der Waals surface area contributed by atoms with Crippen molar-refractivity contribution in [2.45, 2.75) is 126 Å². The average molecular weight is 1040 g/mol. The molecule has 0 saturated heterocycles. The molecule has 0 radical (unpaired) electrons. The molecule has 0 aromatic heterocycles. The van der Waals surface area contributed by atoms with E-state index in [0.717, 1.165) is 35.3 Å². The van der Waals surface area contributed by atoms with Crippen molar-refractivity contribution in [3.63, 3.8) is 0 Å². The van der Waals surface area contributed by atoms with Gasteiger partial charge in [-0.2, -0.15) is 12.6 Å². The van der Waals surface area contributed by atoms with Gasteiger partial charge >= 0.3 is 0 Å². The van der Waals surface area contributed by atoms with Gasteiger partial charge in [0.1, 0.15) is 11.5 Å². The van der Waals surface area contributed by atoms with Gasteiger partial charge in [0.25, 0.3) is 20.0 Å². The molecular weight excluding hydrogens is 983 g/mol. The second kappa shape index (κ2) is 22.5.